The molecule has 2 amide bonds. The van der Waals surface area contributed by atoms with Gasteiger partial charge in [-0.15, -0.1) is 0 Å². The van der Waals surface area contributed by atoms with Crippen molar-refractivity contribution < 1.29 is 14.1 Å². The number of carbonyl (C=O) groups is 2. The molecule has 6 nitrogen and oxygen atoms in total. The van der Waals surface area contributed by atoms with E-state index in [0.29, 0.717) is 5.76 Å². The van der Waals surface area contributed by atoms with Crippen LogP contribution in [0.3, 0.4) is 0 Å². The number of carbonyl (C=O) groups excluding carboxylic acids is 2. The minimum absolute atomic E-state index is 0.0508. The number of nitrogens with one attached hydrogen (secondary N) is 1. The molecule has 1 fully saturated rings. The van der Waals surface area contributed by atoms with Crippen molar-refractivity contribution in [3.8, 4) is 0 Å². The Morgan fingerprint density at radius 2 is 2.28 bits per heavy atom. The normalized spacial score (nSPS) is 20.4. The Morgan fingerprint density at radius 3 is 2.83 bits per heavy atom. The van der Waals surface area contributed by atoms with Crippen LogP contribution in [0.2, 0.25) is 0 Å². The van der Waals surface area contributed by atoms with Gasteiger partial charge in [0.25, 0.3) is 0 Å². The van der Waals surface area contributed by atoms with Crippen molar-refractivity contribution in [3.05, 3.63) is 17.5 Å². The summed E-state index contributed by atoms with van der Waals surface area (Å²) in [4.78, 5) is 25.3. The molecule has 0 radical (unpaired) electrons. The number of amides is 2. The van der Waals surface area contributed by atoms with Crippen molar-refractivity contribution in [1.82, 2.24) is 15.4 Å². The fourth-order valence-corrected chi connectivity index (χ4v) is 2.17. The molecule has 6 heteroatoms. The third-order valence-electron chi connectivity index (χ3n) is 2.97. The number of nitrogens with zero attached hydrogens (tertiary/aromatic N) is 2. The summed E-state index contributed by atoms with van der Waals surface area (Å²) in [5, 5.41) is 6.39. The first kappa shape index (κ1) is 12.6. The second-order valence-corrected chi connectivity index (χ2v) is 4.86. The highest BCUT2D eigenvalue weighted by molar-refractivity contribution is 5.94. The maximum atomic E-state index is 11.9. The van der Waals surface area contributed by atoms with Crippen molar-refractivity contribution in [2.75, 3.05) is 6.54 Å². The van der Waals surface area contributed by atoms with Gasteiger partial charge in [0, 0.05) is 6.07 Å². The van der Waals surface area contributed by atoms with E-state index >= 15 is 0 Å². The third-order valence-corrected chi connectivity index (χ3v) is 2.97. The van der Waals surface area contributed by atoms with E-state index in [2.05, 4.69) is 10.5 Å². The van der Waals surface area contributed by atoms with Gasteiger partial charge >= 0.3 is 0 Å². The number of aromatic nitrogens is 1. The predicted molar refractivity (Wildman–Crippen MR) is 63.4 cm³/mol. The molecule has 1 aliphatic heterocycles. The minimum Gasteiger partial charge on any atom is -0.359 e. The van der Waals surface area contributed by atoms with Crippen molar-refractivity contribution in [3.63, 3.8) is 0 Å². The standard InChI is InChI=1S/C12H17N3O3/c1-7(2)11-12(17)13-5-10(16)15(11)6-9-4-8(3)14-18-9/h4,7,11H,5-6H2,1-3H3,(H,13,17). The van der Waals surface area contributed by atoms with Crippen molar-refractivity contribution in [2.45, 2.75) is 33.4 Å². The SMILES string of the molecule is Cc1cc(CN2C(=O)CNC(=O)C2C(C)C)on1. The Hall–Kier alpha value is -1.85. The molecule has 1 saturated heterocycles. The quantitative estimate of drug-likeness (QED) is 0.847. The number of rotatable bonds is 3. The second-order valence-electron chi connectivity index (χ2n) is 4.86. The van der Waals surface area contributed by atoms with Gasteiger partial charge in [-0.2, -0.15) is 0 Å². The van der Waals surface area contributed by atoms with Gasteiger partial charge in [0.05, 0.1) is 18.8 Å². The first-order chi connectivity index (χ1) is 8.49. The zero-order valence-corrected chi connectivity index (χ0v) is 10.8. The van der Waals surface area contributed by atoms with Crippen molar-refractivity contribution in [1.29, 1.82) is 0 Å². The van der Waals surface area contributed by atoms with Crippen LogP contribution in [0.4, 0.5) is 0 Å². The van der Waals surface area contributed by atoms with Gasteiger partial charge in [-0.25, -0.2) is 0 Å². The monoisotopic (exact) mass is 251 g/mol. The summed E-state index contributed by atoms with van der Waals surface area (Å²) >= 11 is 0. The molecule has 0 bridgehead atoms. The van der Waals surface area contributed by atoms with Gasteiger partial charge in [0.15, 0.2) is 5.76 Å². The zero-order chi connectivity index (χ0) is 13.3. The van der Waals surface area contributed by atoms with Crippen LogP contribution in [0.1, 0.15) is 25.3 Å². The Balaban J connectivity index is 2.20. The molecule has 1 aromatic heterocycles. The molecule has 2 heterocycles. The van der Waals surface area contributed by atoms with Gasteiger partial charge in [-0.3, -0.25) is 9.59 Å². The first-order valence-corrected chi connectivity index (χ1v) is 5.98. The van der Waals surface area contributed by atoms with Crippen molar-refractivity contribution >= 4 is 11.8 Å². The third kappa shape index (κ3) is 2.37. The maximum Gasteiger partial charge on any atom is 0.243 e. The van der Waals surface area contributed by atoms with Crippen LogP contribution in [-0.4, -0.2) is 34.5 Å². The number of piperazine rings is 1. The van der Waals surface area contributed by atoms with Crippen molar-refractivity contribution in [2.24, 2.45) is 5.92 Å². The van der Waals surface area contributed by atoms with E-state index in [9.17, 15) is 9.59 Å². The number of hydrogen-bond donors (Lipinski definition) is 1. The lowest BCUT2D eigenvalue weighted by Gasteiger charge is -2.36. The largest absolute Gasteiger partial charge is 0.359 e. The number of aryl methyl sites for hydroxylation is 1. The fourth-order valence-electron chi connectivity index (χ4n) is 2.17. The second kappa shape index (κ2) is 4.80. The highest BCUT2D eigenvalue weighted by atomic mass is 16.5. The summed E-state index contributed by atoms with van der Waals surface area (Å²) in [5.41, 5.74) is 0.764. The Kier molecular flexibility index (Phi) is 3.36. The zero-order valence-electron chi connectivity index (χ0n) is 10.8. The molecule has 0 spiro atoms. The van der Waals surface area contributed by atoms with Gasteiger partial charge in [0.1, 0.15) is 6.04 Å². The van der Waals surface area contributed by atoms with Crippen LogP contribution in [0.25, 0.3) is 0 Å². The van der Waals surface area contributed by atoms with E-state index in [4.69, 9.17) is 4.52 Å². The van der Waals surface area contributed by atoms with Crippen LogP contribution in [-0.2, 0) is 16.1 Å². The molecule has 1 atom stereocenters. The Morgan fingerprint density at radius 1 is 1.56 bits per heavy atom. The highest BCUT2D eigenvalue weighted by Crippen LogP contribution is 2.18. The molecule has 0 saturated carbocycles. The van der Waals surface area contributed by atoms with Crippen LogP contribution in [0.15, 0.2) is 10.6 Å². The summed E-state index contributed by atoms with van der Waals surface area (Å²) in [6, 6.07) is 1.33. The summed E-state index contributed by atoms with van der Waals surface area (Å²) in [6.45, 7) is 5.99. The van der Waals surface area contributed by atoms with Gasteiger partial charge in [0.2, 0.25) is 11.8 Å². The van der Waals surface area contributed by atoms with E-state index in [0.717, 1.165) is 5.69 Å². The van der Waals surface area contributed by atoms with Crippen LogP contribution in [0, 0.1) is 12.8 Å². The summed E-state index contributed by atoms with van der Waals surface area (Å²) in [5.74, 6) is 0.447. The molecule has 18 heavy (non-hydrogen) atoms. The van der Waals surface area contributed by atoms with E-state index in [1.54, 1.807) is 11.0 Å². The maximum absolute atomic E-state index is 11.9. The van der Waals surface area contributed by atoms with E-state index in [1.807, 2.05) is 20.8 Å². The lowest BCUT2D eigenvalue weighted by Crippen LogP contribution is -2.59. The fraction of sp³-hybridized carbons (Fsp3) is 0.583. The highest BCUT2D eigenvalue weighted by Gasteiger charge is 2.36. The molecular weight excluding hydrogens is 234 g/mol. The summed E-state index contributed by atoms with van der Waals surface area (Å²) in [7, 11) is 0. The smallest absolute Gasteiger partial charge is 0.243 e. The lowest BCUT2D eigenvalue weighted by molar-refractivity contribution is -0.148. The van der Waals surface area contributed by atoms with Gasteiger partial charge < -0.3 is 14.7 Å². The average molecular weight is 251 g/mol. The van der Waals surface area contributed by atoms with E-state index in [1.165, 1.54) is 0 Å². The van der Waals surface area contributed by atoms with E-state index < -0.39 is 6.04 Å². The molecule has 1 N–H and O–H groups in total. The Bertz CT molecular complexity index is 467. The minimum atomic E-state index is -0.448. The summed E-state index contributed by atoms with van der Waals surface area (Å²) in [6.07, 6.45) is 0. The molecule has 1 aromatic rings. The van der Waals surface area contributed by atoms with Gasteiger partial charge in [-0.05, 0) is 12.8 Å². The molecule has 0 aliphatic carbocycles. The first-order valence-electron chi connectivity index (χ1n) is 5.98. The van der Waals surface area contributed by atoms with E-state index in [-0.39, 0.29) is 30.8 Å². The molecular formula is C12H17N3O3. The average Bonchev–Trinajstić information content (AvgIpc) is 2.69. The summed E-state index contributed by atoms with van der Waals surface area (Å²) < 4.78 is 5.10. The molecule has 1 aliphatic rings. The molecule has 98 valence electrons. The lowest BCUT2D eigenvalue weighted by atomic mass is 9.99. The molecule has 2 rings (SSSR count). The molecule has 0 aromatic carbocycles. The van der Waals surface area contributed by atoms with Gasteiger partial charge in [-0.1, -0.05) is 19.0 Å². The molecule has 1 unspecified atom stereocenters. The van der Waals surface area contributed by atoms with Crippen LogP contribution < -0.4 is 5.32 Å². The topological polar surface area (TPSA) is 75.4 Å². The number of hydrogen-bond acceptors (Lipinski definition) is 4. The van der Waals surface area contributed by atoms with Crippen LogP contribution in [0.5, 0.6) is 0 Å². The Labute approximate surface area is 105 Å². The van der Waals surface area contributed by atoms with Crippen LogP contribution >= 0.6 is 0 Å². The predicted octanol–water partition coefficient (Wildman–Crippen LogP) is 0.466.